The van der Waals surface area contributed by atoms with Crippen molar-refractivity contribution in [3.63, 3.8) is 0 Å². The summed E-state index contributed by atoms with van der Waals surface area (Å²) in [5.74, 6) is 0.312. The minimum absolute atomic E-state index is 0.209. The zero-order valence-corrected chi connectivity index (χ0v) is 19.1. The topological polar surface area (TPSA) is 80.8 Å². The Bertz CT molecular complexity index is 1280. The third kappa shape index (κ3) is 4.28. The summed E-state index contributed by atoms with van der Waals surface area (Å²) in [4.78, 5) is 2.74. The minimum Gasteiger partial charge on any atom is -0.409 e. The largest absolute Gasteiger partial charge is 0.409 e. The third-order valence-electron chi connectivity index (χ3n) is 5.84. The number of rotatable bonds is 5. The molecule has 1 fully saturated rings. The molecular weight excluding hydrogens is 448 g/mol. The van der Waals surface area contributed by atoms with Crippen LogP contribution >= 0.6 is 12.2 Å². The van der Waals surface area contributed by atoms with E-state index in [9.17, 15) is 8.42 Å². The Balaban J connectivity index is 1.36. The molecule has 5 rings (SSSR count). The molecule has 2 aromatic carbocycles. The van der Waals surface area contributed by atoms with Gasteiger partial charge in [-0.3, -0.25) is 4.90 Å². The number of fused-ring (bicyclic) bond motifs is 1. The molecule has 3 aromatic rings. The van der Waals surface area contributed by atoms with Crippen LogP contribution in [0.4, 0.5) is 0 Å². The van der Waals surface area contributed by atoms with Crippen LogP contribution in [-0.2, 0) is 34.4 Å². The van der Waals surface area contributed by atoms with Crippen LogP contribution in [0.5, 0.6) is 0 Å². The summed E-state index contributed by atoms with van der Waals surface area (Å²) in [6.07, 6.45) is 0.982. The molecule has 1 saturated heterocycles. The van der Waals surface area contributed by atoms with Crippen molar-refractivity contribution < 1.29 is 17.6 Å². The predicted molar refractivity (Wildman–Crippen MR) is 121 cm³/mol. The number of sulfonamides is 1. The molecule has 168 valence electrons. The standard InChI is InChI=1S/C22H24N4O4S2/c27-32(28,25-10-12-29-13-11-25)20-7-3-6-18(14-20)21-23-26(22(31)30-21)16-24-9-8-17-4-1-2-5-19(17)15-24/h1-7,14H,8-13,15-16H2. The van der Waals surface area contributed by atoms with E-state index in [1.807, 2.05) is 0 Å². The summed E-state index contributed by atoms with van der Waals surface area (Å²) in [7, 11) is -3.60. The number of benzene rings is 2. The normalized spacial score (nSPS) is 17.9. The van der Waals surface area contributed by atoms with E-state index in [-0.39, 0.29) is 9.73 Å². The van der Waals surface area contributed by atoms with Gasteiger partial charge in [-0.2, -0.15) is 4.31 Å². The van der Waals surface area contributed by atoms with Crippen molar-refractivity contribution in [2.45, 2.75) is 24.5 Å². The maximum Gasteiger partial charge on any atom is 0.288 e. The Morgan fingerprint density at radius 1 is 1.00 bits per heavy atom. The van der Waals surface area contributed by atoms with Crippen molar-refractivity contribution in [3.05, 3.63) is 64.5 Å². The van der Waals surface area contributed by atoms with Gasteiger partial charge in [0.15, 0.2) is 0 Å². The Morgan fingerprint density at radius 2 is 1.78 bits per heavy atom. The first kappa shape index (κ1) is 21.5. The van der Waals surface area contributed by atoms with E-state index in [2.05, 4.69) is 34.3 Å². The Hall–Kier alpha value is -2.37. The van der Waals surface area contributed by atoms with Gasteiger partial charge in [0.1, 0.15) is 0 Å². The molecule has 8 nitrogen and oxygen atoms in total. The molecule has 0 saturated carbocycles. The monoisotopic (exact) mass is 472 g/mol. The lowest BCUT2D eigenvalue weighted by Gasteiger charge is -2.28. The summed E-state index contributed by atoms with van der Waals surface area (Å²) in [5, 5.41) is 4.54. The second-order valence-corrected chi connectivity index (χ2v) is 10.2. The molecule has 0 aliphatic carbocycles. The number of hydrogen-bond acceptors (Lipinski definition) is 7. The van der Waals surface area contributed by atoms with Crippen LogP contribution in [-0.4, -0.2) is 60.3 Å². The molecule has 10 heteroatoms. The average molecular weight is 473 g/mol. The van der Waals surface area contributed by atoms with E-state index in [1.165, 1.54) is 15.4 Å². The van der Waals surface area contributed by atoms with Gasteiger partial charge in [-0.25, -0.2) is 13.1 Å². The van der Waals surface area contributed by atoms with Crippen molar-refractivity contribution in [2.75, 3.05) is 32.8 Å². The molecule has 0 spiro atoms. The summed E-state index contributed by atoms with van der Waals surface area (Å²) >= 11 is 5.39. The van der Waals surface area contributed by atoms with Crippen molar-refractivity contribution in [2.24, 2.45) is 0 Å². The first-order valence-corrected chi connectivity index (χ1v) is 12.4. The first-order valence-electron chi connectivity index (χ1n) is 10.6. The first-order chi connectivity index (χ1) is 15.5. The Kier molecular flexibility index (Phi) is 5.95. The molecule has 1 aromatic heterocycles. The van der Waals surface area contributed by atoms with Gasteiger partial charge in [0.2, 0.25) is 15.9 Å². The maximum absolute atomic E-state index is 13.0. The lowest BCUT2D eigenvalue weighted by molar-refractivity contribution is 0.0730. The number of nitrogens with zero attached hydrogens (tertiary/aromatic N) is 4. The van der Waals surface area contributed by atoms with Gasteiger partial charge in [-0.1, -0.05) is 30.3 Å². The van der Waals surface area contributed by atoms with Crippen LogP contribution in [0.15, 0.2) is 57.8 Å². The van der Waals surface area contributed by atoms with Crippen LogP contribution in [0.1, 0.15) is 11.1 Å². The van der Waals surface area contributed by atoms with Crippen LogP contribution in [0.2, 0.25) is 0 Å². The summed E-state index contributed by atoms with van der Waals surface area (Å²) in [6, 6.07) is 15.1. The molecule has 2 aliphatic heterocycles. The second-order valence-electron chi connectivity index (χ2n) is 7.93. The Morgan fingerprint density at radius 3 is 2.59 bits per heavy atom. The van der Waals surface area contributed by atoms with Gasteiger partial charge in [-0.15, -0.1) is 5.10 Å². The molecule has 0 radical (unpaired) electrons. The highest BCUT2D eigenvalue weighted by atomic mass is 32.2. The van der Waals surface area contributed by atoms with Gasteiger partial charge >= 0.3 is 0 Å². The molecule has 0 amide bonds. The highest BCUT2D eigenvalue weighted by Gasteiger charge is 2.27. The lowest BCUT2D eigenvalue weighted by Crippen LogP contribution is -2.40. The average Bonchev–Trinajstić information content (AvgIpc) is 3.20. The molecule has 0 atom stereocenters. The van der Waals surface area contributed by atoms with Gasteiger partial charge in [0.05, 0.1) is 24.8 Å². The molecule has 2 aliphatic rings. The molecular formula is C22H24N4O4S2. The smallest absolute Gasteiger partial charge is 0.288 e. The van der Waals surface area contributed by atoms with Crippen LogP contribution in [0.3, 0.4) is 0 Å². The number of hydrogen-bond donors (Lipinski definition) is 0. The second kappa shape index (κ2) is 8.87. The van der Waals surface area contributed by atoms with Crippen LogP contribution in [0, 0.1) is 4.84 Å². The van der Waals surface area contributed by atoms with E-state index in [4.69, 9.17) is 21.4 Å². The van der Waals surface area contributed by atoms with E-state index in [0.717, 1.165) is 19.5 Å². The predicted octanol–water partition coefficient (Wildman–Crippen LogP) is 2.91. The van der Waals surface area contributed by atoms with Crippen molar-refractivity contribution >= 4 is 22.2 Å². The van der Waals surface area contributed by atoms with Gasteiger partial charge in [-0.05, 0) is 48.0 Å². The fourth-order valence-electron chi connectivity index (χ4n) is 4.10. The Labute approximate surface area is 192 Å². The number of aromatic nitrogens is 2. The zero-order chi connectivity index (χ0) is 22.1. The van der Waals surface area contributed by atoms with Crippen LogP contribution < -0.4 is 0 Å². The summed E-state index contributed by atoms with van der Waals surface area (Å²) in [6.45, 7) is 3.75. The molecule has 0 bridgehead atoms. The highest BCUT2D eigenvalue weighted by Crippen LogP contribution is 2.25. The SMILES string of the molecule is O=S(=O)(c1cccc(-c2nn(CN3CCc4ccccc4C3)c(=S)o2)c1)N1CCOCC1. The lowest BCUT2D eigenvalue weighted by atomic mass is 10.0. The fourth-order valence-corrected chi connectivity index (χ4v) is 5.73. The minimum atomic E-state index is -3.60. The zero-order valence-electron chi connectivity index (χ0n) is 17.5. The maximum atomic E-state index is 13.0. The van der Waals surface area contributed by atoms with E-state index in [0.29, 0.717) is 44.4 Å². The quantitative estimate of drug-likeness (QED) is 0.528. The van der Waals surface area contributed by atoms with E-state index < -0.39 is 10.0 Å². The fraction of sp³-hybridized carbons (Fsp3) is 0.364. The van der Waals surface area contributed by atoms with Crippen molar-refractivity contribution in [3.8, 4) is 11.5 Å². The summed E-state index contributed by atoms with van der Waals surface area (Å²) in [5.41, 5.74) is 3.27. The number of morpholine rings is 1. The van der Waals surface area contributed by atoms with E-state index in [1.54, 1.807) is 28.9 Å². The van der Waals surface area contributed by atoms with Crippen molar-refractivity contribution in [1.29, 1.82) is 0 Å². The number of ether oxygens (including phenoxy) is 1. The molecule has 3 heterocycles. The third-order valence-corrected chi connectivity index (χ3v) is 8.03. The van der Waals surface area contributed by atoms with Crippen molar-refractivity contribution in [1.82, 2.24) is 19.0 Å². The molecule has 0 unspecified atom stereocenters. The molecule has 32 heavy (non-hydrogen) atoms. The van der Waals surface area contributed by atoms with Gasteiger partial charge in [0, 0.05) is 31.7 Å². The van der Waals surface area contributed by atoms with Crippen LogP contribution in [0.25, 0.3) is 11.5 Å². The molecule has 0 N–H and O–H groups in total. The summed E-state index contributed by atoms with van der Waals surface area (Å²) < 4.78 is 40.1. The van der Waals surface area contributed by atoms with Gasteiger partial charge in [0.25, 0.3) is 4.84 Å². The van der Waals surface area contributed by atoms with Gasteiger partial charge < -0.3 is 9.15 Å². The highest BCUT2D eigenvalue weighted by molar-refractivity contribution is 7.89. The van der Waals surface area contributed by atoms with E-state index >= 15 is 0 Å².